The van der Waals surface area contributed by atoms with Crippen LogP contribution in [0.2, 0.25) is 5.02 Å². The molecular weight excluding hydrogens is 547 g/mol. The van der Waals surface area contributed by atoms with Crippen LogP contribution in [0.4, 0.5) is 16.2 Å². The Balaban J connectivity index is 1.59. The van der Waals surface area contributed by atoms with E-state index in [0.717, 1.165) is 11.1 Å². The number of benzene rings is 2. The number of nitrogens with zero attached hydrogens (tertiary/aromatic N) is 5. The lowest BCUT2D eigenvalue weighted by Gasteiger charge is -2.35. The zero-order valence-electron chi connectivity index (χ0n) is 23.0. The maximum absolute atomic E-state index is 16.6. The maximum atomic E-state index is 16.6. The fourth-order valence-corrected chi connectivity index (χ4v) is 5.66. The van der Waals surface area contributed by atoms with E-state index in [0.29, 0.717) is 43.8 Å². The summed E-state index contributed by atoms with van der Waals surface area (Å²) in [7, 11) is 3.36. The van der Waals surface area contributed by atoms with Gasteiger partial charge in [-0.2, -0.15) is 4.98 Å². The van der Waals surface area contributed by atoms with Crippen molar-refractivity contribution >= 4 is 46.1 Å². The number of piperazine rings is 1. The predicted molar refractivity (Wildman–Crippen MR) is 158 cm³/mol. The monoisotopic (exact) mass is 578 g/mol. The molecule has 0 radical (unpaired) electrons. The molecule has 1 aliphatic carbocycles. The Kier molecular flexibility index (Phi) is 8.12. The van der Waals surface area contributed by atoms with Gasteiger partial charge in [0.1, 0.15) is 11.3 Å². The number of hydrogen-bond acceptors (Lipinski definition) is 7. The molecule has 1 fully saturated rings. The highest BCUT2D eigenvalue weighted by Crippen LogP contribution is 2.42. The third kappa shape index (κ3) is 5.69. The molecule has 0 saturated carbocycles. The van der Waals surface area contributed by atoms with Crippen molar-refractivity contribution in [3.05, 3.63) is 82.4 Å². The van der Waals surface area contributed by atoms with Gasteiger partial charge in [0.15, 0.2) is 5.82 Å². The van der Waals surface area contributed by atoms with Crippen LogP contribution in [0.3, 0.4) is 0 Å². The van der Waals surface area contributed by atoms with Crippen LogP contribution in [0, 0.1) is 5.82 Å². The number of aliphatic hydroxyl groups excluding tert-OH is 1. The molecule has 1 saturated heterocycles. The quantitative estimate of drug-likeness (QED) is 0.404. The van der Waals surface area contributed by atoms with Crippen LogP contribution in [0.15, 0.2) is 54.8 Å². The standard InChI is InChI=1S/C30H32ClFN6O3/c1-4-24(40)37-11-13-38(14-12-37)29-22-17-23(31)26(21-16-19(39)15-18-7-5-6-8-20(18)21)27(32)28(22)34-30(35-29)33-10-9-25(41)36(2)3/h4-8,16-17,21,39H,1,9-15H2,2-3H3,(H,33,34,35)/t21-/m1/s1. The molecule has 0 unspecified atom stereocenters. The molecule has 214 valence electrons. The molecule has 2 aromatic carbocycles. The van der Waals surface area contributed by atoms with E-state index in [-0.39, 0.29) is 52.6 Å². The highest BCUT2D eigenvalue weighted by atomic mass is 35.5. The number of hydrogen-bond donors (Lipinski definition) is 2. The Morgan fingerprint density at radius 3 is 2.66 bits per heavy atom. The number of aliphatic hydroxyl groups is 1. The zero-order chi connectivity index (χ0) is 29.3. The van der Waals surface area contributed by atoms with Gasteiger partial charge in [-0.15, -0.1) is 0 Å². The van der Waals surface area contributed by atoms with Crippen molar-refractivity contribution in [3.8, 4) is 0 Å². The first kappa shape index (κ1) is 28.4. The molecule has 0 bridgehead atoms. The second kappa shape index (κ2) is 11.7. The molecule has 2 N–H and O–H groups in total. The van der Waals surface area contributed by atoms with Gasteiger partial charge in [0.2, 0.25) is 17.8 Å². The number of nitrogens with one attached hydrogen (secondary N) is 1. The topological polar surface area (TPSA) is 102 Å². The van der Waals surface area contributed by atoms with E-state index in [4.69, 9.17) is 16.6 Å². The highest BCUT2D eigenvalue weighted by Gasteiger charge is 2.30. The lowest BCUT2D eigenvalue weighted by molar-refractivity contribution is -0.128. The minimum atomic E-state index is -0.602. The fraction of sp³-hybridized carbons (Fsp3) is 0.333. The average Bonchev–Trinajstić information content (AvgIpc) is 2.96. The van der Waals surface area contributed by atoms with E-state index in [1.54, 1.807) is 31.1 Å². The number of amides is 2. The third-order valence-corrected chi connectivity index (χ3v) is 7.83. The lowest BCUT2D eigenvalue weighted by Crippen LogP contribution is -2.48. The van der Waals surface area contributed by atoms with Gasteiger partial charge in [-0.1, -0.05) is 42.4 Å². The molecule has 3 aromatic rings. The molecule has 2 aliphatic rings. The van der Waals surface area contributed by atoms with Crippen molar-refractivity contribution in [2.75, 3.05) is 57.0 Å². The molecule has 1 aromatic heterocycles. The van der Waals surface area contributed by atoms with Gasteiger partial charge in [0.25, 0.3) is 0 Å². The Labute approximate surface area is 242 Å². The van der Waals surface area contributed by atoms with E-state index in [9.17, 15) is 14.7 Å². The van der Waals surface area contributed by atoms with Gasteiger partial charge in [0.05, 0.1) is 5.76 Å². The van der Waals surface area contributed by atoms with Crippen LogP contribution in [-0.2, 0) is 16.0 Å². The van der Waals surface area contributed by atoms with Gasteiger partial charge < -0.3 is 25.1 Å². The SMILES string of the molecule is C=CC(=O)N1CCN(c2nc(NCCC(=O)N(C)C)nc3c(F)c([C@@H]4C=C(O)Cc5ccccc54)c(Cl)cc23)CC1. The van der Waals surface area contributed by atoms with Crippen molar-refractivity contribution in [2.24, 2.45) is 0 Å². The molecule has 1 atom stereocenters. The van der Waals surface area contributed by atoms with Crippen molar-refractivity contribution in [3.63, 3.8) is 0 Å². The summed E-state index contributed by atoms with van der Waals surface area (Å²) >= 11 is 6.79. The molecular formula is C30H32ClFN6O3. The smallest absolute Gasteiger partial charge is 0.246 e. The summed E-state index contributed by atoms with van der Waals surface area (Å²) < 4.78 is 16.6. The van der Waals surface area contributed by atoms with Gasteiger partial charge in [-0.05, 0) is 29.3 Å². The summed E-state index contributed by atoms with van der Waals surface area (Å²) in [4.78, 5) is 38.6. The summed E-state index contributed by atoms with van der Waals surface area (Å²) in [6.07, 6.45) is 3.50. The first-order chi connectivity index (χ1) is 19.7. The molecule has 2 amide bonds. The highest BCUT2D eigenvalue weighted by molar-refractivity contribution is 6.32. The second-order valence-corrected chi connectivity index (χ2v) is 10.8. The Bertz CT molecular complexity index is 1550. The molecule has 11 heteroatoms. The minimum Gasteiger partial charge on any atom is -0.512 e. The summed E-state index contributed by atoms with van der Waals surface area (Å²) in [6.45, 7) is 5.67. The summed E-state index contributed by atoms with van der Waals surface area (Å²) in [5.74, 6) is -0.604. The normalized spacial score (nSPS) is 16.7. The molecule has 41 heavy (non-hydrogen) atoms. The zero-order valence-corrected chi connectivity index (χ0v) is 23.8. The van der Waals surface area contributed by atoms with Crippen molar-refractivity contribution in [1.82, 2.24) is 19.8 Å². The number of carbonyl (C=O) groups excluding carboxylic acids is 2. The molecule has 0 spiro atoms. The number of fused-ring (bicyclic) bond motifs is 2. The van der Waals surface area contributed by atoms with Gasteiger partial charge in [0, 0.05) is 81.6 Å². The van der Waals surface area contributed by atoms with Crippen molar-refractivity contribution < 1.29 is 19.1 Å². The molecule has 2 heterocycles. The van der Waals surface area contributed by atoms with E-state index < -0.39 is 11.7 Å². The van der Waals surface area contributed by atoms with Crippen molar-refractivity contribution in [2.45, 2.75) is 18.8 Å². The third-order valence-electron chi connectivity index (χ3n) is 7.52. The lowest BCUT2D eigenvalue weighted by atomic mass is 9.82. The molecule has 1 aliphatic heterocycles. The van der Waals surface area contributed by atoms with Crippen LogP contribution < -0.4 is 10.2 Å². The first-order valence-corrected chi connectivity index (χ1v) is 13.8. The number of halogens is 2. The number of carbonyl (C=O) groups is 2. The largest absolute Gasteiger partial charge is 0.512 e. The molecule has 9 nitrogen and oxygen atoms in total. The summed E-state index contributed by atoms with van der Waals surface area (Å²) in [5.41, 5.74) is 2.06. The number of aromatic nitrogens is 2. The Morgan fingerprint density at radius 2 is 1.95 bits per heavy atom. The maximum Gasteiger partial charge on any atom is 0.246 e. The van der Waals surface area contributed by atoms with E-state index in [1.165, 1.54) is 11.0 Å². The minimum absolute atomic E-state index is 0.0654. The van der Waals surface area contributed by atoms with Crippen LogP contribution in [0.1, 0.15) is 29.0 Å². The van der Waals surface area contributed by atoms with E-state index in [2.05, 4.69) is 16.9 Å². The van der Waals surface area contributed by atoms with E-state index in [1.807, 2.05) is 29.2 Å². The number of rotatable bonds is 7. The van der Waals surface area contributed by atoms with Crippen LogP contribution in [0.5, 0.6) is 0 Å². The van der Waals surface area contributed by atoms with Crippen LogP contribution >= 0.6 is 11.6 Å². The number of allylic oxidation sites excluding steroid dienone is 2. The van der Waals surface area contributed by atoms with Crippen LogP contribution in [0.25, 0.3) is 10.9 Å². The predicted octanol–water partition coefficient (Wildman–Crippen LogP) is 4.28. The van der Waals surface area contributed by atoms with Gasteiger partial charge in [-0.3, -0.25) is 9.59 Å². The van der Waals surface area contributed by atoms with Gasteiger partial charge >= 0.3 is 0 Å². The average molecular weight is 579 g/mol. The van der Waals surface area contributed by atoms with E-state index >= 15 is 4.39 Å². The Morgan fingerprint density at radius 1 is 1.22 bits per heavy atom. The molecule has 5 rings (SSSR count). The second-order valence-electron chi connectivity index (χ2n) is 10.3. The van der Waals surface area contributed by atoms with Crippen LogP contribution in [-0.4, -0.2) is 83.5 Å². The number of anilines is 2. The fourth-order valence-electron chi connectivity index (χ4n) is 5.35. The Hall–Kier alpha value is -4.18. The summed E-state index contributed by atoms with van der Waals surface area (Å²) in [6, 6.07) is 9.25. The summed E-state index contributed by atoms with van der Waals surface area (Å²) in [5, 5.41) is 14.2. The first-order valence-electron chi connectivity index (χ1n) is 13.4. The van der Waals surface area contributed by atoms with Gasteiger partial charge in [-0.25, -0.2) is 9.37 Å². The van der Waals surface area contributed by atoms with Crippen molar-refractivity contribution in [1.29, 1.82) is 0 Å².